The Balaban J connectivity index is 3.51. The van der Waals surface area contributed by atoms with Crippen molar-refractivity contribution in [2.75, 3.05) is 12.4 Å². The van der Waals surface area contributed by atoms with Gasteiger partial charge in [-0.15, -0.1) is 5.11 Å². The van der Waals surface area contributed by atoms with Crippen molar-refractivity contribution in [2.45, 2.75) is 44.1 Å². The molecule has 0 saturated heterocycles. The van der Waals surface area contributed by atoms with Crippen LogP contribution in [0.3, 0.4) is 0 Å². The van der Waals surface area contributed by atoms with Crippen molar-refractivity contribution in [1.29, 1.82) is 5.53 Å². The lowest BCUT2D eigenvalue weighted by Crippen LogP contribution is -2.75. The van der Waals surface area contributed by atoms with Crippen molar-refractivity contribution < 1.29 is 41.3 Å². The smallest absolute Gasteiger partial charge is 0.414 e. The van der Waals surface area contributed by atoms with Gasteiger partial charge in [0.15, 0.2) is 0 Å². The summed E-state index contributed by atoms with van der Waals surface area (Å²) in [5.41, 5.74) is 0.688. The first-order valence-electron chi connectivity index (χ1n) is 8.07. The minimum atomic E-state index is -5.91. The molecule has 1 aromatic carbocycles. The summed E-state index contributed by atoms with van der Waals surface area (Å²) in [6.07, 6.45) is -12.7. The number of carbonyl (C=O) groups excluding carboxylic acids is 1. The lowest BCUT2D eigenvalue weighted by molar-refractivity contribution is -0.633. The number of rotatable bonds is 4. The summed E-state index contributed by atoms with van der Waals surface area (Å²) in [6, 6.07) is 2.76. The molecule has 1 amide bonds. The van der Waals surface area contributed by atoms with E-state index in [9.17, 15) is 31.1 Å². The molecule has 4 N–H and O–H groups in total. The molecule has 29 heavy (non-hydrogen) atoms. The number of alkyl halides is 6. The van der Waals surface area contributed by atoms with E-state index in [1.165, 1.54) is 0 Å². The first kappa shape index (κ1) is 24.3. The Morgan fingerprint density at radius 3 is 1.86 bits per heavy atom. The Kier molecular flexibility index (Phi) is 7.01. The predicted molar refractivity (Wildman–Crippen MR) is 90.5 cm³/mol. The molecule has 0 aliphatic rings. The van der Waals surface area contributed by atoms with Crippen molar-refractivity contribution in [1.82, 2.24) is 0 Å². The average molecular weight is 428 g/mol. The summed E-state index contributed by atoms with van der Waals surface area (Å²) in [5.74, 6) is -1.78. The number of nitrogens with zero attached hydrogens (tertiary/aromatic N) is 2. The van der Waals surface area contributed by atoms with E-state index in [0.29, 0.717) is 17.6 Å². The van der Waals surface area contributed by atoms with Gasteiger partial charge in [0.2, 0.25) is 5.84 Å². The Hall–Kier alpha value is -2.70. The first-order valence-corrected chi connectivity index (χ1v) is 8.07. The molecule has 1 aromatic rings. The molecular weight excluding hydrogens is 408 g/mol. The topological polar surface area (TPSA) is 104 Å². The van der Waals surface area contributed by atoms with Gasteiger partial charge in [0.05, 0.1) is 7.05 Å². The Morgan fingerprint density at radius 1 is 1.03 bits per heavy atom. The van der Waals surface area contributed by atoms with E-state index in [-0.39, 0.29) is 5.69 Å². The number of hydrogen-bond acceptors (Lipinski definition) is 4. The molecule has 7 nitrogen and oxygen atoms in total. The third-order valence-corrected chi connectivity index (χ3v) is 3.51. The van der Waals surface area contributed by atoms with Crippen LogP contribution in [0.5, 0.6) is 0 Å². The monoisotopic (exact) mass is 428 g/mol. The summed E-state index contributed by atoms with van der Waals surface area (Å²) < 4.78 is 87.6. The van der Waals surface area contributed by atoms with Crippen LogP contribution in [0.25, 0.3) is 0 Å². The minimum absolute atomic E-state index is 0.0930. The van der Waals surface area contributed by atoms with Gasteiger partial charge in [-0.1, -0.05) is 17.2 Å². The van der Waals surface area contributed by atoms with Crippen molar-refractivity contribution in [3.05, 3.63) is 29.8 Å². The number of quaternary nitrogens is 1. The van der Waals surface area contributed by atoms with E-state index in [1.807, 2.05) is 0 Å². The Labute approximate surface area is 162 Å². The number of amides is 1. The maximum Gasteiger partial charge on any atom is 0.414 e. The molecule has 0 radical (unpaired) electrons. The zero-order valence-corrected chi connectivity index (χ0v) is 15.9. The number of benzene rings is 1. The van der Waals surface area contributed by atoms with Crippen LogP contribution in [-0.2, 0) is 10.2 Å². The molecule has 0 unspecified atom stereocenters. The molecule has 0 aliphatic carbocycles. The third-order valence-electron chi connectivity index (χ3n) is 3.51. The zero-order valence-electron chi connectivity index (χ0n) is 15.9. The molecule has 0 spiro atoms. The molecule has 0 heterocycles. The van der Waals surface area contributed by atoms with E-state index >= 15 is 0 Å². The van der Waals surface area contributed by atoms with Gasteiger partial charge in [-0.25, -0.2) is 15.8 Å². The van der Waals surface area contributed by atoms with E-state index in [0.717, 1.165) is 19.2 Å². The Morgan fingerprint density at radius 2 is 1.52 bits per heavy atom. The van der Waals surface area contributed by atoms with E-state index in [4.69, 9.17) is 10.3 Å². The second kappa shape index (κ2) is 8.35. The first-order chi connectivity index (χ1) is 13.1. The number of nitrogens with one attached hydrogen (secondary N) is 2. The normalized spacial score (nSPS) is 13.8. The molecule has 0 atom stereocenters. The number of nitrogens with two attached hydrogens (primary N) is 1. The highest BCUT2D eigenvalue weighted by atomic mass is 19.4. The van der Waals surface area contributed by atoms with Gasteiger partial charge in [-0.3, -0.25) is 5.32 Å². The van der Waals surface area contributed by atoms with Crippen molar-refractivity contribution >= 4 is 17.6 Å². The molecule has 0 bridgehead atoms. The SMILES string of the molecule is C[NH2+]/N=C(\N=N)C(c1ccc(NC(=O)OC(C)(C)C)cc1)(C(F)(F)F)C(F)(F)F. The van der Waals surface area contributed by atoms with E-state index in [1.54, 1.807) is 20.8 Å². The number of halogens is 6. The maximum absolute atomic E-state index is 13.8. The third kappa shape index (κ3) is 5.22. The fourth-order valence-electron chi connectivity index (χ4n) is 2.43. The number of anilines is 1. The second-order valence-corrected chi connectivity index (χ2v) is 6.77. The van der Waals surface area contributed by atoms with Gasteiger partial charge in [0.1, 0.15) is 5.60 Å². The van der Waals surface area contributed by atoms with Crippen LogP contribution in [0, 0.1) is 5.53 Å². The van der Waals surface area contributed by atoms with Crippen LogP contribution in [0.15, 0.2) is 34.5 Å². The van der Waals surface area contributed by atoms with Crippen molar-refractivity contribution in [2.24, 2.45) is 10.2 Å². The Bertz CT molecular complexity index is 752. The van der Waals surface area contributed by atoms with Gasteiger partial charge in [-0.2, -0.15) is 26.3 Å². The highest BCUT2D eigenvalue weighted by molar-refractivity contribution is 5.95. The highest BCUT2D eigenvalue weighted by Crippen LogP contribution is 2.53. The van der Waals surface area contributed by atoms with Crippen LogP contribution in [0.2, 0.25) is 0 Å². The van der Waals surface area contributed by atoms with Gasteiger partial charge in [-0.05, 0) is 38.5 Å². The fraction of sp³-hybridized carbons (Fsp3) is 0.500. The summed E-state index contributed by atoms with van der Waals surface area (Å²) in [5, 5.41) is 7.66. The standard InChI is InChI=1S/C16H19F6N5O2/c1-13(2,3)29-12(28)25-10-7-5-9(6-8-10)14(15(17,18)19,16(20,21)22)11(26-23)27-24-4/h5-8,23-24H,1-4H3,(H,25,28)/p+1/b26-23?,27-11-. The lowest BCUT2D eigenvalue weighted by atomic mass is 9.77. The van der Waals surface area contributed by atoms with Crippen molar-refractivity contribution in [3.63, 3.8) is 0 Å². The zero-order chi connectivity index (χ0) is 22.7. The van der Waals surface area contributed by atoms with Crippen LogP contribution < -0.4 is 10.7 Å². The molecule has 162 valence electrons. The number of hydrogen-bond donors (Lipinski definition) is 3. The molecule has 1 rings (SSSR count). The van der Waals surface area contributed by atoms with Crippen molar-refractivity contribution in [3.8, 4) is 0 Å². The van der Waals surface area contributed by atoms with Gasteiger partial charge in [0.25, 0.3) is 5.41 Å². The minimum Gasteiger partial charge on any atom is -0.444 e. The molecule has 0 saturated carbocycles. The molecule has 13 heteroatoms. The number of ether oxygens (including phenoxy) is 1. The number of amidine groups is 1. The predicted octanol–water partition coefficient (Wildman–Crippen LogP) is 3.93. The summed E-state index contributed by atoms with van der Waals surface area (Å²) >= 11 is 0. The van der Waals surface area contributed by atoms with E-state index < -0.39 is 40.9 Å². The van der Waals surface area contributed by atoms with Gasteiger partial charge >= 0.3 is 18.4 Å². The van der Waals surface area contributed by atoms with Crippen LogP contribution in [0.1, 0.15) is 26.3 Å². The quantitative estimate of drug-likeness (QED) is 0.169. The average Bonchev–Trinajstić information content (AvgIpc) is 2.51. The largest absolute Gasteiger partial charge is 0.444 e. The van der Waals surface area contributed by atoms with E-state index in [2.05, 4.69) is 15.5 Å². The maximum atomic E-state index is 13.8. The molecule has 0 aliphatic heterocycles. The van der Waals surface area contributed by atoms with Gasteiger partial charge < -0.3 is 4.74 Å². The second-order valence-electron chi connectivity index (χ2n) is 6.77. The molecule has 0 aromatic heterocycles. The molecular formula is C16H20F6N5O2+. The highest BCUT2D eigenvalue weighted by Gasteiger charge is 2.76. The van der Waals surface area contributed by atoms with Crippen LogP contribution in [0.4, 0.5) is 36.8 Å². The summed E-state index contributed by atoms with van der Waals surface area (Å²) in [7, 11) is 1.09. The lowest BCUT2D eigenvalue weighted by Gasteiger charge is -2.35. The van der Waals surface area contributed by atoms with Crippen LogP contribution in [-0.4, -0.2) is 36.9 Å². The molecule has 0 fully saturated rings. The van der Waals surface area contributed by atoms with Gasteiger partial charge in [0, 0.05) is 5.69 Å². The fourth-order valence-corrected chi connectivity index (χ4v) is 2.43. The van der Waals surface area contributed by atoms with Crippen LogP contribution >= 0.6 is 0 Å². The number of carbonyl (C=O) groups is 1. The summed E-state index contributed by atoms with van der Waals surface area (Å²) in [6.45, 7) is 4.73. The summed E-state index contributed by atoms with van der Waals surface area (Å²) in [4.78, 5) is 11.7.